The van der Waals surface area contributed by atoms with Crippen molar-refractivity contribution in [2.24, 2.45) is 0 Å². The van der Waals surface area contributed by atoms with Crippen molar-refractivity contribution in [1.29, 1.82) is 5.26 Å². The van der Waals surface area contributed by atoms with E-state index >= 15 is 0 Å². The number of aromatic nitrogens is 2. The highest BCUT2D eigenvalue weighted by atomic mass is 32.2. The molecule has 1 rings (SSSR count). The lowest BCUT2D eigenvalue weighted by molar-refractivity contribution is 0.474. The summed E-state index contributed by atoms with van der Waals surface area (Å²) in [5.74, 6) is 0.632. The zero-order valence-electron chi connectivity index (χ0n) is 9.27. The van der Waals surface area contributed by atoms with Gasteiger partial charge in [-0.2, -0.15) is 9.57 Å². The first kappa shape index (κ1) is 12.7. The number of sulfonamides is 1. The molecule has 0 aliphatic heterocycles. The number of aromatic amines is 1. The van der Waals surface area contributed by atoms with Gasteiger partial charge >= 0.3 is 0 Å². The molecule has 0 radical (unpaired) electrons. The van der Waals surface area contributed by atoms with Gasteiger partial charge in [0.05, 0.1) is 12.3 Å². The van der Waals surface area contributed by atoms with Crippen molar-refractivity contribution < 1.29 is 8.42 Å². The Kier molecular flexibility index (Phi) is 4.04. The Balaban J connectivity index is 2.89. The molecule has 16 heavy (non-hydrogen) atoms. The number of nitriles is 1. The van der Waals surface area contributed by atoms with Crippen LogP contribution in [0.4, 0.5) is 0 Å². The minimum atomic E-state index is -3.54. The summed E-state index contributed by atoms with van der Waals surface area (Å²) >= 11 is 0. The van der Waals surface area contributed by atoms with Gasteiger partial charge in [0, 0.05) is 26.4 Å². The van der Waals surface area contributed by atoms with Crippen molar-refractivity contribution in [1.82, 2.24) is 14.3 Å². The van der Waals surface area contributed by atoms with E-state index in [2.05, 4.69) is 9.97 Å². The molecule has 0 fully saturated rings. The largest absolute Gasteiger partial charge is 0.332 e. The van der Waals surface area contributed by atoms with E-state index < -0.39 is 10.0 Å². The normalized spacial score (nSPS) is 11.6. The molecule has 1 aromatic heterocycles. The van der Waals surface area contributed by atoms with Crippen LogP contribution in [-0.4, -0.2) is 36.3 Å². The smallest absolute Gasteiger partial charge is 0.259 e. The average Bonchev–Trinajstić information content (AvgIpc) is 2.74. The Bertz CT molecular complexity index is 486. The van der Waals surface area contributed by atoms with E-state index in [1.165, 1.54) is 13.2 Å². The zero-order chi connectivity index (χ0) is 12.2. The minimum absolute atomic E-state index is 0.0739. The van der Waals surface area contributed by atoms with Crippen LogP contribution in [0.25, 0.3) is 0 Å². The lowest BCUT2D eigenvalue weighted by Gasteiger charge is -2.13. The van der Waals surface area contributed by atoms with Gasteiger partial charge in [-0.15, -0.1) is 0 Å². The lowest BCUT2D eigenvalue weighted by atomic mass is 10.5. The molecule has 0 bridgehead atoms. The Hall–Kier alpha value is -1.39. The van der Waals surface area contributed by atoms with Crippen LogP contribution >= 0.6 is 0 Å². The molecule has 0 spiro atoms. The molecule has 0 aromatic carbocycles. The van der Waals surface area contributed by atoms with Crippen molar-refractivity contribution in [2.45, 2.75) is 24.8 Å². The number of hydrogen-bond donors (Lipinski definition) is 1. The van der Waals surface area contributed by atoms with Crippen LogP contribution in [0.15, 0.2) is 11.2 Å². The quantitative estimate of drug-likeness (QED) is 0.814. The van der Waals surface area contributed by atoms with Gasteiger partial charge in [0.15, 0.2) is 5.03 Å². The third kappa shape index (κ3) is 2.59. The summed E-state index contributed by atoms with van der Waals surface area (Å²) in [5.41, 5.74) is 0. The summed E-state index contributed by atoms with van der Waals surface area (Å²) in [6.07, 6.45) is 2.12. The Labute approximate surface area is 95.0 Å². The molecule has 0 aliphatic carbocycles. The molecule has 88 valence electrons. The Morgan fingerprint density at radius 1 is 1.62 bits per heavy atom. The Morgan fingerprint density at radius 2 is 2.31 bits per heavy atom. The highest BCUT2D eigenvalue weighted by Gasteiger charge is 2.22. The van der Waals surface area contributed by atoms with Crippen LogP contribution in [0.5, 0.6) is 0 Å². The van der Waals surface area contributed by atoms with Crippen LogP contribution < -0.4 is 0 Å². The van der Waals surface area contributed by atoms with Crippen LogP contribution in [-0.2, 0) is 16.4 Å². The average molecular weight is 242 g/mol. The molecule has 7 heteroatoms. The fourth-order valence-electron chi connectivity index (χ4n) is 1.15. The summed E-state index contributed by atoms with van der Waals surface area (Å²) in [5, 5.41) is 8.48. The number of rotatable bonds is 5. The maximum Gasteiger partial charge on any atom is 0.259 e. The molecule has 6 nitrogen and oxygen atoms in total. The highest BCUT2D eigenvalue weighted by Crippen LogP contribution is 2.11. The van der Waals surface area contributed by atoms with E-state index in [1.54, 1.807) is 0 Å². The number of nitrogens with one attached hydrogen (secondary N) is 1. The van der Waals surface area contributed by atoms with Crippen molar-refractivity contribution in [3.63, 3.8) is 0 Å². The number of imidazole rings is 1. The predicted octanol–water partition coefficient (Wildman–Crippen LogP) is 0.506. The first-order valence-corrected chi connectivity index (χ1v) is 6.33. The minimum Gasteiger partial charge on any atom is -0.332 e. The van der Waals surface area contributed by atoms with E-state index in [1.807, 2.05) is 13.0 Å². The third-order valence-electron chi connectivity index (χ3n) is 2.17. The van der Waals surface area contributed by atoms with Gasteiger partial charge in [-0.25, -0.2) is 13.4 Å². The second-order valence-electron chi connectivity index (χ2n) is 3.28. The molecule has 0 aliphatic rings. The molecular formula is C9H14N4O2S. The molecule has 0 atom stereocenters. The standard InChI is InChI=1S/C9H14N4O2S/c1-3-8-11-7-9(12-8)16(14,15)13(2)6-4-5-10/h7H,3-4,6H2,1-2H3,(H,11,12). The zero-order valence-corrected chi connectivity index (χ0v) is 10.1. The number of H-pyrrole nitrogens is 1. The van der Waals surface area contributed by atoms with E-state index in [-0.39, 0.29) is 18.0 Å². The van der Waals surface area contributed by atoms with Crippen molar-refractivity contribution in [3.8, 4) is 6.07 Å². The number of hydrogen-bond acceptors (Lipinski definition) is 4. The number of aryl methyl sites for hydroxylation is 1. The molecule has 0 saturated carbocycles. The maximum absolute atomic E-state index is 11.9. The summed E-state index contributed by atoms with van der Waals surface area (Å²) < 4.78 is 25.0. The van der Waals surface area contributed by atoms with Gasteiger partial charge in [0.25, 0.3) is 10.0 Å². The van der Waals surface area contributed by atoms with Crippen LogP contribution in [0.1, 0.15) is 19.2 Å². The SMILES string of the molecule is CCc1ncc(S(=O)(=O)N(C)CCC#N)[nH]1. The molecule has 0 saturated heterocycles. The van der Waals surface area contributed by atoms with Crippen molar-refractivity contribution >= 4 is 10.0 Å². The van der Waals surface area contributed by atoms with Crippen LogP contribution in [0.3, 0.4) is 0 Å². The van der Waals surface area contributed by atoms with Gasteiger partial charge in [0.2, 0.25) is 0 Å². The lowest BCUT2D eigenvalue weighted by Crippen LogP contribution is -2.28. The summed E-state index contributed by atoms with van der Waals surface area (Å²) in [6, 6.07) is 1.91. The fraction of sp³-hybridized carbons (Fsp3) is 0.556. The predicted molar refractivity (Wildman–Crippen MR) is 58.0 cm³/mol. The van der Waals surface area contributed by atoms with Crippen molar-refractivity contribution in [2.75, 3.05) is 13.6 Å². The highest BCUT2D eigenvalue weighted by molar-refractivity contribution is 7.89. The van der Waals surface area contributed by atoms with E-state index in [9.17, 15) is 8.42 Å². The van der Waals surface area contributed by atoms with Gasteiger partial charge in [-0.05, 0) is 0 Å². The molecule has 1 heterocycles. The van der Waals surface area contributed by atoms with Gasteiger partial charge in [-0.3, -0.25) is 0 Å². The van der Waals surface area contributed by atoms with E-state index in [4.69, 9.17) is 5.26 Å². The van der Waals surface area contributed by atoms with E-state index in [0.29, 0.717) is 12.2 Å². The van der Waals surface area contributed by atoms with Gasteiger partial charge in [-0.1, -0.05) is 6.92 Å². The monoisotopic (exact) mass is 242 g/mol. The van der Waals surface area contributed by atoms with Gasteiger partial charge < -0.3 is 4.98 Å². The van der Waals surface area contributed by atoms with Crippen LogP contribution in [0, 0.1) is 11.3 Å². The summed E-state index contributed by atoms with van der Waals surface area (Å²) in [4.78, 5) is 6.67. The molecular weight excluding hydrogens is 228 g/mol. The summed E-state index contributed by atoms with van der Waals surface area (Å²) in [6.45, 7) is 2.06. The molecule has 0 amide bonds. The second-order valence-corrected chi connectivity index (χ2v) is 5.30. The van der Waals surface area contributed by atoms with Crippen LogP contribution in [0.2, 0.25) is 0 Å². The third-order valence-corrected chi connectivity index (χ3v) is 3.93. The molecule has 1 N–H and O–H groups in total. The number of nitrogens with zero attached hydrogens (tertiary/aromatic N) is 3. The second kappa shape index (κ2) is 5.09. The summed E-state index contributed by atoms with van der Waals surface area (Å²) in [7, 11) is -2.09. The van der Waals surface area contributed by atoms with E-state index in [0.717, 1.165) is 4.31 Å². The molecule has 0 unspecified atom stereocenters. The van der Waals surface area contributed by atoms with Crippen molar-refractivity contribution in [3.05, 3.63) is 12.0 Å². The molecule has 1 aromatic rings. The first-order chi connectivity index (χ1) is 7.52. The Morgan fingerprint density at radius 3 is 2.81 bits per heavy atom. The topological polar surface area (TPSA) is 89.8 Å². The maximum atomic E-state index is 11.9. The first-order valence-electron chi connectivity index (χ1n) is 4.89. The fourth-order valence-corrected chi connectivity index (χ4v) is 2.25. The van der Waals surface area contributed by atoms with Gasteiger partial charge in [0.1, 0.15) is 5.82 Å².